The SMILES string of the molecule is CC=C(/C=C\C(C)c1nc(-c2ccc(C(F)F)nc2)sc1C1C=CCC=CC1)CC(O)CC. The second-order valence-corrected chi connectivity index (χ2v) is 9.33. The van der Waals surface area contributed by atoms with Crippen LogP contribution in [0.3, 0.4) is 0 Å². The van der Waals surface area contributed by atoms with E-state index in [1.54, 1.807) is 17.4 Å². The van der Waals surface area contributed by atoms with Crippen LogP contribution in [0.25, 0.3) is 10.6 Å². The molecule has 0 radical (unpaired) electrons. The van der Waals surface area contributed by atoms with Crippen molar-refractivity contribution in [2.45, 2.75) is 70.8 Å². The Labute approximate surface area is 199 Å². The summed E-state index contributed by atoms with van der Waals surface area (Å²) in [4.78, 5) is 10.1. The van der Waals surface area contributed by atoms with Gasteiger partial charge in [-0.3, -0.25) is 4.98 Å². The van der Waals surface area contributed by atoms with E-state index in [9.17, 15) is 13.9 Å². The number of thiazole rings is 1. The van der Waals surface area contributed by atoms with E-state index in [0.29, 0.717) is 6.42 Å². The minimum Gasteiger partial charge on any atom is -0.393 e. The normalized spacial score (nSPS) is 18.8. The molecule has 0 saturated heterocycles. The van der Waals surface area contributed by atoms with Crippen molar-refractivity contribution in [2.24, 2.45) is 0 Å². The topological polar surface area (TPSA) is 46.0 Å². The van der Waals surface area contributed by atoms with Crippen LogP contribution in [0.2, 0.25) is 0 Å². The molecule has 1 N–H and O–H groups in total. The van der Waals surface area contributed by atoms with Gasteiger partial charge in [-0.25, -0.2) is 13.8 Å². The van der Waals surface area contributed by atoms with E-state index in [1.165, 1.54) is 17.1 Å². The lowest BCUT2D eigenvalue weighted by Gasteiger charge is -2.13. The highest BCUT2D eigenvalue weighted by molar-refractivity contribution is 7.15. The third-order valence-electron chi connectivity index (χ3n) is 5.82. The van der Waals surface area contributed by atoms with Crippen molar-refractivity contribution in [3.8, 4) is 10.6 Å². The van der Waals surface area contributed by atoms with Crippen LogP contribution < -0.4 is 0 Å². The Morgan fingerprint density at radius 3 is 2.76 bits per heavy atom. The summed E-state index contributed by atoms with van der Waals surface area (Å²) in [6.45, 7) is 6.08. The van der Waals surface area contributed by atoms with Gasteiger partial charge in [0.25, 0.3) is 6.43 Å². The Morgan fingerprint density at radius 2 is 2.09 bits per heavy atom. The Balaban J connectivity index is 1.94. The van der Waals surface area contributed by atoms with Gasteiger partial charge in [0.05, 0.1) is 11.8 Å². The lowest BCUT2D eigenvalue weighted by molar-refractivity contribution is 0.146. The molecule has 0 spiro atoms. The van der Waals surface area contributed by atoms with Crippen LogP contribution in [0.15, 0.2) is 66.4 Å². The Hall–Kier alpha value is -2.44. The Bertz CT molecular complexity index is 1020. The second-order valence-electron chi connectivity index (χ2n) is 8.30. The highest BCUT2D eigenvalue weighted by atomic mass is 32.1. The minimum atomic E-state index is -2.58. The first-order valence-corrected chi connectivity index (χ1v) is 12.3. The standard InChI is InChI=1S/C27H32F2N2OS/c1-4-19(16-22(32)5-2)13-12-18(3)24-25(20-10-8-6-7-9-11-20)33-27(31-24)21-14-15-23(26(28)29)30-17-21/h4,6,8-9,11-15,17-18,20,22,26,32H,5,7,10,16H2,1-3H3/b13-12-,19-4?. The lowest BCUT2D eigenvalue weighted by atomic mass is 9.95. The Kier molecular flexibility index (Phi) is 9.27. The van der Waals surface area contributed by atoms with E-state index in [0.717, 1.165) is 41.1 Å². The molecule has 0 aromatic carbocycles. The fourth-order valence-electron chi connectivity index (χ4n) is 3.71. The number of allylic oxidation sites excluding steroid dienone is 7. The summed E-state index contributed by atoms with van der Waals surface area (Å²) in [6.07, 6.45) is 16.8. The molecule has 1 aliphatic rings. The van der Waals surface area contributed by atoms with Crippen molar-refractivity contribution >= 4 is 11.3 Å². The molecule has 6 heteroatoms. The minimum absolute atomic E-state index is 0.0626. The zero-order valence-electron chi connectivity index (χ0n) is 19.4. The smallest absolute Gasteiger partial charge is 0.280 e. The van der Waals surface area contributed by atoms with E-state index in [-0.39, 0.29) is 23.6 Å². The van der Waals surface area contributed by atoms with Crippen LogP contribution >= 0.6 is 11.3 Å². The number of rotatable bonds is 9. The quantitative estimate of drug-likeness (QED) is 0.299. The van der Waals surface area contributed by atoms with Crippen molar-refractivity contribution in [3.05, 3.63) is 82.7 Å². The lowest BCUT2D eigenvalue weighted by Crippen LogP contribution is -2.05. The fraction of sp³-hybridized carbons (Fsp3) is 0.407. The maximum Gasteiger partial charge on any atom is 0.280 e. The van der Waals surface area contributed by atoms with Gasteiger partial charge in [0.2, 0.25) is 0 Å². The summed E-state index contributed by atoms with van der Waals surface area (Å²) >= 11 is 1.61. The summed E-state index contributed by atoms with van der Waals surface area (Å²) < 4.78 is 25.8. The van der Waals surface area contributed by atoms with Crippen molar-refractivity contribution in [1.29, 1.82) is 0 Å². The molecule has 33 heavy (non-hydrogen) atoms. The predicted molar refractivity (Wildman–Crippen MR) is 133 cm³/mol. The number of hydrogen-bond donors (Lipinski definition) is 1. The van der Waals surface area contributed by atoms with Gasteiger partial charge < -0.3 is 5.11 Å². The van der Waals surface area contributed by atoms with E-state index in [1.807, 2.05) is 19.9 Å². The largest absolute Gasteiger partial charge is 0.393 e. The second kappa shape index (κ2) is 12.1. The summed E-state index contributed by atoms with van der Waals surface area (Å²) in [5.74, 6) is 0.296. The molecule has 3 atom stereocenters. The van der Waals surface area contributed by atoms with E-state index in [2.05, 4.69) is 48.4 Å². The molecular formula is C27H32F2N2OS. The summed E-state index contributed by atoms with van der Waals surface area (Å²) in [5, 5.41) is 10.8. The molecule has 0 fully saturated rings. The number of nitrogens with zero attached hydrogens (tertiary/aromatic N) is 2. The number of aliphatic hydroxyl groups excluding tert-OH is 1. The summed E-state index contributed by atoms with van der Waals surface area (Å²) in [7, 11) is 0. The van der Waals surface area contributed by atoms with Gasteiger partial charge in [0.15, 0.2) is 0 Å². The van der Waals surface area contributed by atoms with E-state index >= 15 is 0 Å². The number of hydrogen-bond acceptors (Lipinski definition) is 4. The molecule has 2 heterocycles. The average Bonchev–Trinajstić information content (AvgIpc) is 3.09. The number of pyridine rings is 1. The molecule has 0 saturated carbocycles. The van der Waals surface area contributed by atoms with Crippen molar-refractivity contribution < 1.29 is 13.9 Å². The molecule has 0 aliphatic heterocycles. The first-order chi connectivity index (χ1) is 15.9. The van der Waals surface area contributed by atoms with Gasteiger partial charge in [-0.15, -0.1) is 11.3 Å². The molecule has 0 bridgehead atoms. The monoisotopic (exact) mass is 470 g/mol. The molecule has 1 aliphatic carbocycles. The maximum absolute atomic E-state index is 12.9. The molecule has 3 unspecified atom stereocenters. The van der Waals surface area contributed by atoms with E-state index in [4.69, 9.17) is 4.98 Å². The summed E-state index contributed by atoms with van der Waals surface area (Å²) in [6, 6.07) is 3.05. The van der Waals surface area contributed by atoms with Gasteiger partial charge in [0.1, 0.15) is 10.7 Å². The van der Waals surface area contributed by atoms with Crippen LogP contribution in [-0.4, -0.2) is 21.2 Å². The summed E-state index contributed by atoms with van der Waals surface area (Å²) in [5.41, 5.74) is 2.62. The first kappa shape index (κ1) is 25.2. The first-order valence-electron chi connectivity index (χ1n) is 11.5. The van der Waals surface area contributed by atoms with Crippen molar-refractivity contribution in [3.63, 3.8) is 0 Å². The van der Waals surface area contributed by atoms with Crippen LogP contribution in [0.1, 0.15) is 81.0 Å². The maximum atomic E-state index is 12.9. The fourth-order valence-corrected chi connectivity index (χ4v) is 4.96. The molecule has 0 amide bonds. The van der Waals surface area contributed by atoms with Crippen LogP contribution in [0, 0.1) is 0 Å². The highest BCUT2D eigenvalue weighted by Gasteiger charge is 2.22. The predicted octanol–water partition coefficient (Wildman–Crippen LogP) is 7.90. The number of aromatic nitrogens is 2. The number of aliphatic hydroxyl groups is 1. The van der Waals surface area contributed by atoms with Gasteiger partial charge >= 0.3 is 0 Å². The van der Waals surface area contributed by atoms with E-state index < -0.39 is 6.43 Å². The molecule has 2 aromatic heterocycles. The van der Waals surface area contributed by atoms with Gasteiger partial charge in [-0.05, 0) is 44.7 Å². The van der Waals surface area contributed by atoms with Gasteiger partial charge in [-0.1, -0.05) is 62.0 Å². The van der Waals surface area contributed by atoms with Crippen molar-refractivity contribution in [2.75, 3.05) is 0 Å². The third kappa shape index (κ3) is 6.78. The zero-order chi connectivity index (χ0) is 23.8. The average molecular weight is 471 g/mol. The Morgan fingerprint density at radius 1 is 1.27 bits per heavy atom. The van der Waals surface area contributed by atoms with Crippen LogP contribution in [0.5, 0.6) is 0 Å². The molecule has 3 nitrogen and oxygen atoms in total. The zero-order valence-corrected chi connectivity index (χ0v) is 20.2. The molecular weight excluding hydrogens is 438 g/mol. The third-order valence-corrected chi connectivity index (χ3v) is 7.07. The number of alkyl halides is 2. The molecule has 2 aromatic rings. The van der Waals surface area contributed by atoms with Crippen molar-refractivity contribution in [1.82, 2.24) is 9.97 Å². The van der Waals surface area contributed by atoms with Gasteiger partial charge in [-0.2, -0.15) is 0 Å². The molecule has 176 valence electrons. The van der Waals surface area contributed by atoms with Gasteiger partial charge in [0, 0.05) is 28.5 Å². The molecule has 3 rings (SSSR count). The van der Waals surface area contributed by atoms with Crippen LogP contribution in [-0.2, 0) is 0 Å². The van der Waals surface area contributed by atoms with Crippen LogP contribution in [0.4, 0.5) is 8.78 Å². The highest BCUT2D eigenvalue weighted by Crippen LogP contribution is 2.39. The number of halogens is 2.